The summed E-state index contributed by atoms with van der Waals surface area (Å²) in [6.07, 6.45) is 0. The quantitative estimate of drug-likeness (QED) is 0.879. The Kier molecular flexibility index (Phi) is 4.45. The molecular formula is C15H17N3O4. The van der Waals surface area contributed by atoms with Crippen LogP contribution >= 0.6 is 0 Å². The molecule has 0 fully saturated rings. The lowest BCUT2D eigenvalue weighted by atomic mass is 10.2. The number of carbonyl (C=O) groups excluding carboxylic acids is 1. The fraction of sp³-hybridized carbons (Fsp3) is 0.267. The van der Waals surface area contributed by atoms with Gasteiger partial charge in [0, 0.05) is 5.69 Å². The number of nitrogens with zero attached hydrogens (tertiary/aromatic N) is 2. The largest absolute Gasteiger partial charge is 0.495 e. The summed E-state index contributed by atoms with van der Waals surface area (Å²) in [7, 11) is 1.41. The van der Waals surface area contributed by atoms with Gasteiger partial charge in [-0.15, -0.1) is 0 Å². The van der Waals surface area contributed by atoms with Crippen molar-refractivity contribution in [2.45, 2.75) is 20.4 Å². The lowest BCUT2D eigenvalue weighted by Crippen LogP contribution is -2.20. The number of hydrogen-bond acceptors (Lipinski definition) is 4. The molecule has 2 aromatic rings. The molecule has 0 aliphatic heterocycles. The zero-order valence-corrected chi connectivity index (χ0v) is 12.6. The summed E-state index contributed by atoms with van der Waals surface area (Å²) in [5.41, 5.74) is 2.24. The summed E-state index contributed by atoms with van der Waals surface area (Å²) in [4.78, 5) is 23.0. The molecule has 0 unspecified atom stereocenters. The van der Waals surface area contributed by atoms with Crippen LogP contribution in [-0.2, 0) is 11.3 Å². The van der Waals surface area contributed by atoms with Gasteiger partial charge in [-0.1, -0.05) is 0 Å². The van der Waals surface area contributed by atoms with E-state index in [0.717, 1.165) is 11.4 Å². The molecule has 1 aromatic heterocycles. The van der Waals surface area contributed by atoms with Crippen LogP contribution in [0.3, 0.4) is 0 Å². The Morgan fingerprint density at radius 1 is 1.32 bits per heavy atom. The molecule has 1 heterocycles. The predicted molar refractivity (Wildman–Crippen MR) is 80.3 cm³/mol. The van der Waals surface area contributed by atoms with Gasteiger partial charge in [-0.25, -0.2) is 4.79 Å². The first-order valence-corrected chi connectivity index (χ1v) is 6.63. The standard InChI is InChI=1S/C15H17N3O4/c1-9-6-10(2)18(17-9)8-14(19)16-12-5-4-11(15(20)21)7-13(12)22-3/h4-7H,8H2,1-3H3,(H,16,19)(H,20,21). The molecule has 0 saturated carbocycles. The molecule has 0 saturated heterocycles. The summed E-state index contributed by atoms with van der Waals surface area (Å²) in [5, 5.41) is 15.9. The Morgan fingerprint density at radius 2 is 2.05 bits per heavy atom. The van der Waals surface area contributed by atoms with Crippen molar-refractivity contribution in [1.82, 2.24) is 9.78 Å². The fourth-order valence-corrected chi connectivity index (χ4v) is 2.09. The number of carboxylic acids is 1. The summed E-state index contributed by atoms with van der Waals surface area (Å²) in [6.45, 7) is 3.80. The van der Waals surface area contributed by atoms with Crippen molar-refractivity contribution in [3.05, 3.63) is 41.2 Å². The molecule has 0 spiro atoms. The average molecular weight is 303 g/mol. The zero-order valence-electron chi connectivity index (χ0n) is 12.6. The van der Waals surface area contributed by atoms with Gasteiger partial charge in [0.1, 0.15) is 12.3 Å². The van der Waals surface area contributed by atoms with Gasteiger partial charge < -0.3 is 15.2 Å². The van der Waals surface area contributed by atoms with Crippen LogP contribution in [0.15, 0.2) is 24.3 Å². The summed E-state index contributed by atoms with van der Waals surface area (Å²) >= 11 is 0. The van der Waals surface area contributed by atoms with Crippen LogP contribution in [0.2, 0.25) is 0 Å². The maximum absolute atomic E-state index is 12.1. The minimum Gasteiger partial charge on any atom is -0.495 e. The van der Waals surface area contributed by atoms with E-state index in [1.165, 1.54) is 25.3 Å². The van der Waals surface area contributed by atoms with Gasteiger partial charge in [0.2, 0.25) is 5.91 Å². The first kappa shape index (κ1) is 15.6. The van der Waals surface area contributed by atoms with Gasteiger partial charge in [-0.05, 0) is 38.1 Å². The number of methoxy groups -OCH3 is 1. The Labute approximate surface area is 127 Å². The highest BCUT2D eigenvalue weighted by molar-refractivity contribution is 5.94. The van der Waals surface area contributed by atoms with E-state index in [1.54, 1.807) is 4.68 Å². The number of rotatable bonds is 5. The number of ether oxygens (including phenoxy) is 1. The number of carbonyl (C=O) groups is 2. The highest BCUT2D eigenvalue weighted by atomic mass is 16.5. The first-order valence-electron chi connectivity index (χ1n) is 6.63. The second kappa shape index (κ2) is 6.30. The second-order valence-electron chi connectivity index (χ2n) is 4.85. The molecule has 7 heteroatoms. The van der Waals surface area contributed by atoms with E-state index < -0.39 is 5.97 Å². The van der Waals surface area contributed by atoms with Gasteiger partial charge in [-0.3, -0.25) is 9.48 Å². The van der Waals surface area contributed by atoms with Crippen molar-refractivity contribution in [3.63, 3.8) is 0 Å². The van der Waals surface area contributed by atoms with Crippen molar-refractivity contribution in [2.75, 3.05) is 12.4 Å². The number of carboxylic acid groups (broad SMARTS) is 1. The van der Waals surface area contributed by atoms with Crippen LogP contribution in [0.25, 0.3) is 0 Å². The number of benzene rings is 1. The topological polar surface area (TPSA) is 93.5 Å². The average Bonchev–Trinajstić information content (AvgIpc) is 2.76. The van der Waals surface area contributed by atoms with Gasteiger partial charge in [-0.2, -0.15) is 5.10 Å². The van der Waals surface area contributed by atoms with Gasteiger partial charge in [0.25, 0.3) is 0 Å². The second-order valence-corrected chi connectivity index (χ2v) is 4.85. The van der Waals surface area contributed by atoms with Crippen LogP contribution in [0, 0.1) is 13.8 Å². The summed E-state index contributed by atoms with van der Waals surface area (Å²) in [5.74, 6) is -1.03. The van der Waals surface area contributed by atoms with E-state index in [-0.39, 0.29) is 18.0 Å². The third-order valence-corrected chi connectivity index (χ3v) is 3.12. The smallest absolute Gasteiger partial charge is 0.335 e. The molecule has 2 rings (SSSR count). The van der Waals surface area contributed by atoms with Gasteiger partial charge in [0.05, 0.1) is 24.1 Å². The minimum atomic E-state index is -1.06. The molecular weight excluding hydrogens is 286 g/mol. The van der Waals surface area contributed by atoms with E-state index in [0.29, 0.717) is 11.4 Å². The number of aromatic nitrogens is 2. The molecule has 0 aliphatic carbocycles. The molecule has 1 amide bonds. The number of hydrogen-bond donors (Lipinski definition) is 2. The van der Waals surface area contributed by atoms with Crippen molar-refractivity contribution < 1.29 is 19.4 Å². The van der Waals surface area contributed by atoms with Crippen molar-refractivity contribution in [2.24, 2.45) is 0 Å². The third kappa shape index (κ3) is 3.43. The lowest BCUT2D eigenvalue weighted by molar-refractivity contribution is -0.117. The van der Waals surface area contributed by atoms with Crippen LogP contribution in [-0.4, -0.2) is 33.9 Å². The lowest BCUT2D eigenvalue weighted by Gasteiger charge is -2.11. The number of aromatic carboxylic acids is 1. The summed E-state index contributed by atoms with van der Waals surface area (Å²) < 4.78 is 6.71. The molecule has 0 atom stereocenters. The molecule has 0 bridgehead atoms. The number of anilines is 1. The van der Waals surface area contributed by atoms with Crippen molar-refractivity contribution >= 4 is 17.6 Å². The maximum Gasteiger partial charge on any atom is 0.335 e. The Bertz CT molecular complexity index is 722. The molecule has 7 nitrogen and oxygen atoms in total. The molecule has 22 heavy (non-hydrogen) atoms. The number of nitrogens with one attached hydrogen (secondary N) is 1. The normalized spacial score (nSPS) is 10.3. The summed E-state index contributed by atoms with van der Waals surface area (Å²) in [6, 6.07) is 6.15. The third-order valence-electron chi connectivity index (χ3n) is 3.12. The molecule has 116 valence electrons. The zero-order chi connectivity index (χ0) is 16.3. The van der Waals surface area contributed by atoms with Crippen LogP contribution in [0.4, 0.5) is 5.69 Å². The highest BCUT2D eigenvalue weighted by Gasteiger charge is 2.13. The van der Waals surface area contributed by atoms with E-state index in [2.05, 4.69) is 10.4 Å². The maximum atomic E-state index is 12.1. The van der Waals surface area contributed by atoms with Crippen LogP contribution < -0.4 is 10.1 Å². The molecule has 0 radical (unpaired) electrons. The van der Waals surface area contributed by atoms with E-state index in [1.807, 2.05) is 19.9 Å². The highest BCUT2D eigenvalue weighted by Crippen LogP contribution is 2.25. The van der Waals surface area contributed by atoms with Crippen molar-refractivity contribution in [3.8, 4) is 5.75 Å². The molecule has 2 N–H and O–H groups in total. The van der Waals surface area contributed by atoms with Crippen molar-refractivity contribution in [1.29, 1.82) is 0 Å². The Hall–Kier alpha value is -2.83. The van der Waals surface area contributed by atoms with Gasteiger partial charge in [0.15, 0.2) is 0 Å². The predicted octanol–water partition coefficient (Wildman–Crippen LogP) is 1.85. The van der Waals surface area contributed by atoms with E-state index >= 15 is 0 Å². The van der Waals surface area contributed by atoms with Crippen LogP contribution in [0.5, 0.6) is 5.75 Å². The minimum absolute atomic E-state index is 0.0729. The molecule has 0 aliphatic rings. The number of aryl methyl sites for hydroxylation is 2. The SMILES string of the molecule is COc1cc(C(=O)O)ccc1NC(=O)Cn1nc(C)cc1C. The van der Waals surface area contributed by atoms with Gasteiger partial charge >= 0.3 is 5.97 Å². The van der Waals surface area contributed by atoms with E-state index in [9.17, 15) is 9.59 Å². The fourth-order valence-electron chi connectivity index (χ4n) is 2.09. The Morgan fingerprint density at radius 3 is 2.59 bits per heavy atom. The first-order chi connectivity index (χ1) is 10.4. The molecule has 1 aromatic carbocycles. The monoisotopic (exact) mass is 303 g/mol. The van der Waals surface area contributed by atoms with E-state index in [4.69, 9.17) is 9.84 Å². The van der Waals surface area contributed by atoms with Crippen LogP contribution in [0.1, 0.15) is 21.7 Å². The number of amides is 1. The Balaban J connectivity index is 2.14.